The van der Waals surface area contributed by atoms with E-state index in [0.717, 1.165) is 5.02 Å². The summed E-state index contributed by atoms with van der Waals surface area (Å²) >= 11 is 5.54. The average molecular weight is 266 g/mol. The molecule has 0 unspecified atom stereocenters. The number of nitrogens with one attached hydrogen (secondary N) is 1. The Morgan fingerprint density at radius 3 is 2.00 bits per heavy atom. The highest BCUT2D eigenvalue weighted by Gasteiger charge is 1.86. The van der Waals surface area contributed by atoms with Gasteiger partial charge in [0.05, 0.1) is 0 Å². The van der Waals surface area contributed by atoms with E-state index in [1.54, 1.807) is 0 Å². The van der Waals surface area contributed by atoms with Crippen molar-refractivity contribution in [1.82, 2.24) is 4.98 Å². The van der Waals surface area contributed by atoms with E-state index < -0.39 is 0 Å². The van der Waals surface area contributed by atoms with E-state index in [4.69, 9.17) is 11.6 Å². The molecule has 0 atom stereocenters. The third kappa shape index (κ3) is 4.14. The van der Waals surface area contributed by atoms with Crippen LogP contribution in [0.3, 0.4) is 0 Å². The van der Waals surface area contributed by atoms with Crippen LogP contribution >= 0.6 is 24.0 Å². The first-order valence-corrected chi connectivity index (χ1v) is 5.47. The molecule has 0 aliphatic carbocycles. The molecular formula is C14H13Cl2N. The van der Waals surface area contributed by atoms with Gasteiger partial charge in [0.25, 0.3) is 0 Å². The van der Waals surface area contributed by atoms with Gasteiger partial charge in [-0.05, 0) is 29.7 Å². The molecule has 2 aromatic carbocycles. The van der Waals surface area contributed by atoms with Crippen molar-refractivity contribution in [3.8, 4) is 0 Å². The monoisotopic (exact) mass is 265 g/mol. The number of halogens is 2. The van der Waals surface area contributed by atoms with Gasteiger partial charge in [-0.3, -0.25) is 0 Å². The number of fused-ring (bicyclic) bond motifs is 1. The first-order valence-electron chi connectivity index (χ1n) is 5.09. The van der Waals surface area contributed by atoms with Crippen molar-refractivity contribution in [2.45, 2.75) is 0 Å². The predicted molar refractivity (Wildman–Crippen MR) is 77.0 cm³/mol. The molecule has 1 N–H and O–H groups in total. The van der Waals surface area contributed by atoms with Crippen molar-refractivity contribution in [2.75, 3.05) is 0 Å². The molecule has 1 nitrogen and oxygen atoms in total. The lowest BCUT2D eigenvalue weighted by Gasteiger charge is -1.83. The smallest absolute Gasteiger partial charge is 0.0453 e. The van der Waals surface area contributed by atoms with Crippen molar-refractivity contribution < 1.29 is 0 Å². The summed E-state index contributed by atoms with van der Waals surface area (Å²) in [5.41, 5.74) is 1.21. The topological polar surface area (TPSA) is 15.8 Å². The third-order valence-electron chi connectivity index (χ3n) is 2.20. The summed E-state index contributed by atoms with van der Waals surface area (Å²) in [4.78, 5) is 3.12. The summed E-state index contributed by atoms with van der Waals surface area (Å²) in [5, 5.41) is 2.07. The quantitative estimate of drug-likeness (QED) is 0.593. The van der Waals surface area contributed by atoms with Crippen LogP contribution in [0.5, 0.6) is 0 Å². The number of hydrogen-bond donors (Lipinski definition) is 1. The summed E-state index contributed by atoms with van der Waals surface area (Å²) in [7, 11) is 0. The summed E-state index contributed by atoms with van der Waals surface area (Å²) in [6, 6.07) is 19.7. The summed E-state index contributed by atoms with van der Waals surface area (Å²) in [6.45, 7) is 0. The molecule has 0 amide bonds. The molecule has 88 valence electrons. The normalized spacial score (nSPS) is 9.00. The first kappa shape index (κ1) is 13.6. The summed E-state index contributed by atoms with van der Waals surface area (Å²) < 4.78 is 0. The lowest BCUT2D eigenvalue weighted by atomic mass is 10.3. The molecule has 1 aromatic heterocycles. The molecule has 0 aliphatic rings. The van der Waals surface area contributed by atoms with Crippen molar-refractivity contribution >= 4 is 34.9 Å². The van der Waals surface area contributed by atoms with Crippen LogP contribution in [-0.2, 0) is 0 Å². The van der Waals surface area contributed by atoms with Gasteiger partial charge in [0.2, 0.25) is 0 Å². The van der Waals surface area contributed by atoms with Crippen LogP contribution in [0.15, 0.2) is 66.9 Å². The van der Waals surface area contributed by atoms with Gasteiger partial charge < -0.3 is 4.98 Å². The SMILES string of the molecule is Cl.Clc1ccccc1.c1ccc2[nH]ccc2c1. The predicted octanol–water partition coefficient (Wildman–Crippen LogP) is 4.93. The molecule has 0 spiro atoms. The van der Waals surface area contributed by atoms with Gasteiger partial charge in [-0.25, -0.2) is 0 Å². The van der Waals surface area contributed by atoms with Gasteiger partial charge >= 0.3 is 0 Å². The zero-order valence-electron chi connectivity index (χ0n) is 9.14. The molecule has 3 aromatic rings. The van der Waals surface area contributed by atoms with Crippen molar-refractivity contribution in [1.29, 1.82) is 0 Å². The Labute approximate surface area is 112 Å². The lowest BCUT2D eigenvalue weighted by molar-refractivity contribution is 1.48. The Kier molecular flexibility index (Phi) is 5.61. The second kappa shape index (κ2) is 7.00. The lowest BCUT2D eigenvalue weighted by Crippen LogP contribution is -1.61. The molecular weight excluding hydrogens is 253 g/mol. The largest absolute Gasteiger partial charge is 0.361 e. The molecule has 17 heavy (non-hydrogen) atoms. The van der Waals surface area contributed by atoms with Crippen molar-refractivity contribution in [3.63, 3.8) is 0 Å². The van der Waals surface area contributed by atoms with Gasteiger partial charge in [-0.2, -0.15) is 0 Å². The van der Waals surface area contributed by atoms with Crippen LogP contribution in [0, 0.1) is 0 Å². The highest BCUT2D eigenvalue weighted by Crippen LogP contribution is 2.09. The van der Waals surface area contributed by atoms with Crippen LogP contribution < -0.4 is 0 Å². The Bertz CT molecular complexity index is 516. The van der Waals surface area contributed by atoms with Crippen LogP contribution in [-0.4, -0.2) is 4.98 Å². The number of hydrogen-bond acceptors (Lipinski definition) is 0. The minimum atomic E-state index is 0. The molecule has 0 aliphatic heterocycles. The second-order valence-corrected chi connectivity index (χ2v) is 3.80. The first-order chi connectivity index (χ1) is 7.86. The standard InChI is InChI=1S/C8H7N.C6H5Cl.ClH/c1-2-4-8-7(3-1)5-6-9-8;7-6-4-2-1-3-5-6;/h1-6,9H;1-5H;1H. The fraction of sp³-hybridized carbons (Fsp3) is 0. The van der Waals surface area contributed by atoms with Crippen molar-refractivity contribution in [3.05, 3.63) is 71.9 Å². The molecule has 1 heterocycles. The van der Waals surface area contributed by atoms with Gasteiger partial charge in [-0.1, -0.05) is 48.0 Å². The highest BCUT2D eigenvalue weighted by atomic mass is 35.5. The van der Waals surface area contributed by atoms with E-state index >= 15 is 0 Å². The minimum Gasteiger partial charge on any atom is -0.361 e. The zero-order chi connectivity index (χ0) is 11.2. The highest BCUT2D eigenvalue weighted by molar-refractivity contribution is 6.30. The molecule has 0 fully saturated rings. The number of para-hydroxylation sites is 1. The van der Waals surface area contributed by atoms with E-state index in [-0.39, 0.29) is 12.4 Å². The summed E-state index contributed by atoms with van der Waals surface area (Å²) in [5.74, 6) is 0. The van der Waals surface area contributed by atoms with E-state index in [9.17, 15) is 0 Å². The van der Waals surface area contributed by atoms with Gasteiger partial charge in [0.15, 0.2) is 0 Å². The van der Waals surface area contributed by atoms with Gasteiger partial charge in [0.1, 0.15) is 0 Å². The minimum absolute atomic E-state index is 0. The number of aromatic amines is 1. The molecule has 0 bridgehead atoms. The molecule has 3 heteroatoms. The Balaban J connectivity index is 0.000000166. The van der Waals surface area contributed by atoms with E-state index in [2.05, 4.69) is 23.2 Å². The van der Waals surface area contributed by atoms with E-state index in [1.165, 1.54) is 10.9 Å². The number of rotatable bonds is 0. The average Bonchev–Trinajstić information content (AvgIpc) is 2.79. The zero-order valence-corrected chi connectivity index (χ0v) is 10.7. The van der Waals surface area contributed by atoms with Crippen LogP contribution in [0.25, 0.3) is 10.9 Å². The van der Waals surface area contributed by atoms with Crippen LogP contribution in [0.4, 0.5) is 0 Å². The van der Waals surface area contributed by atoms with E-state index in [0.29, 0.717) is 0 Å². The maximum absolute atomic E-state index is 5.54. The molecule has 0 saturated carbocycles. The Morgan fingerprint density at radius 1 is 0.765 bits per heavy atom. The number of benzene rings is 2. The van der Waals surface area contributed by atoms with Crippen molar-refractivity contribution in [2.24, 2.45) is 0 Å². The van der Waals surface area contributed by atoms with Crippen LogP contribution in [0.1, 0.15) is 0 Å². The number of H-pyrrole nitrogens is 1. The maximum atomic E-state index is 5.54. The molecule has 3 rings (SSSR count). The van der Waals surface area contributed by atoms with Gasteiger partial charge in [0, 0.05) is 16.7 Å². The Hall–Kier alpha value is -1.44. The van der Waals surface area contributed by atoms with Gasteiger partial charge in [-0.15, -0.1) is 12.4 Å². The summed E-state index contributed by atoms with van der Waals surface area (Å²) in [6.07, 6.45) is 1.95. The molecule has 0 saturated heterocycles. The fourth-order valence-electron chi connectivity index (χ4n) is 1.41. The van der Waals surface area contributed by atoms with Crippen LogP contribution in [0.2, 0.25) is 5.02 Å². The fourth-order valence-corrected chi connectivity index (χ4v) is 1.56. The number of aromatic nitrogens is 1. The van der Waals surface area contributed by atoms with E-state index in [1.807, 2.05) is 48.7 Å². The third-order valence-corrected chi connectivity index (χ3v) is 2.45. The maximum Gasteiger partial charge on any atom is 0.0453 e. The second-order valence-electron chi connectivity index (χ2n) is 3.36. The Morgan fingerprint density at radius 2 is 1.41 bits per heavy atom. The molecule has 0 radical (unpaired) electrons.